The van der Waals surface area contributed by atoms with Crippen LogP contribution in [0.1, 0.15) is 41.5 Å². The van der Waals surface area contributed by atoms with Crippen molar-refractivity contribution in [1.82, 2.24) is 10.3 Å². The summed E-state index contributed by atoms with van der Waals surface area (Å²) >= 11 is 0. The van der Waals surface area contributed by atoms with Gasteiger partial charge in [-0.25, -0.2) is 4.79 Å². The predicted octanol–water partition coefficient (Wildman–Crippen LogP) is 3.14. The molecule has 0 spiro atoms. The summed E-state index contributed by atoms with van der Waals surface area (Å²) in [5.41, 5.74) is 2.08. The molecule has 0 saturated carbocycles. The fraction of sp³-hybridized carbons (Fsp3) is 0.278. The molecule has 0 aliphatic heterocycles. The summed E-state index contributed by atoms with van der Waals surface area (Å²) in [6.07, 6.45) is 3.09. The average Bonchev–Trinajstić information content (AvgIpc) is 2.55. The van der Waals surface area contributed by atoms with Crippen LogP contribution in [0.25, 0.3) is 0 Å². The summed E-state index contributed by atoms with van der Waals surface area (Å²) in [7, 11) is 0. The van der Waals surface area contributed by atoms with Crippen molar-refractivity contribution in [1.29, 1.82) is 0 Å². The first-order valence-electron chi connectivity index (χ1n) is 7.80. The maximum absolute atomic E-state index is 12.1. The van der Waals surface area contributed by atoms with Crippen LogP contribution in [0.2, 0.25) is 0 Å². The average molecular weight is 327 g/mol. The molecule has 6 nitrogen and oxygen atoms in total. The molecule has 1 aromatic heterocycles. The standard InChI is InChI=1S/C18H21N3O3/c1-4-24-18(23)15-7-5-6-8-16(15)21-14-9-13(10-19-11-14)17(22)20-12(2)3/h5-12,21H,4H2,1-3H3,(H,20,22). The number of esters is 1. The zero-order chi connectivity index (χ0) is 17.5. The highest BCUT2D eigenvalue weighted by atomic mass is 16.5. The van der Waals surface area contributed by atoms with Gasteiger partial charge in [0.2, 0.25) is 0 Å². The zero-order valence-electron chi connectivity index (χ0n) is 14.0. The summed E-state index contributed by atoms with van der Waals surface area (Å²) < 4.78 is 5.05. The van der Waals surface area contributed by atoms with Gasteiger partial charge in [0, 0.05) is 12.2 Å². The fourth-order valence-corrected chi connectivity index (χ4v) is 2.11. The Hall–Kier alpha value is -2.89. The van der Waals surface area contributed by atoms with Crippen LogP contribution >= 0.6 is 0 Å². The van der Waals surface area contributed by atoms with Gasteiger partial charge in [0.25, 0.3) is 5.91 Å². The molecule has 1 amide bonds. The molecule has 0 atom stereocenters. The lowest BCUT2D eigenvalue weighted by atomic mass is 10.1. The smallest absolute Gasteiger partial charge is 0.340 e. The monoisotopic (exact) mass is 327 g/mol. The molecular formula is C18H21N3O3. The number of aromatic nitrogens is 1. The van der Waals surface area contributed by atoms with E-state index in [1.54, 1.807) is 37.4 Å². The molecule has 0 saturated heterocycles. The number of benzene rings is 1. The summed E-state index contributed by atoms with van der Waals surface area (Å²) in [6, 6.07) is 8.76. The van der Waals surface area contributed by atoms with Crippen LogP contribution in [0.4, 0.5) is 11.4 Å². The Balaban J connectivity index is 2.23. The molecule has 126 valence electrons. The number of amides is 1. The minimum absolute atomic E-state index is 0.0404. The van der Waals surface area contributed by atoms with Gasteiger partial charge in [0.15, 0.2) is 0 Å². The van der Waals surface area contributed by atoms with Gasteiger partial charge in [-0.05, 0) is 39.0 Å². The van der Waals surface area contributed by atoms with E-state index in [0.717, 1.165) is 0 Å². The molecule has 24 heavy (non-hydrogen) atoms. The first-order chi connectivity index (χ1) is 11.5. The van der Waals surface area contributed by atoms with Gasteiger partial charge in [-0.2, -0.15) is 0 Å². The molecule has 2 aromatic rings. The Bertz CT molecular complexity index is 729. The lowest BCUT2D eigenvalue weighted by Gasteiger charge is -2.12. The van der Waals surface area contributed by atoms with Crippen molar-refractivity contribution in [3.8, 4) is 0 Å². The van der Waals surface area contributed by atoms with Crippen molar-refractivity contribution in [2.75, 3.05) is 11.9 Å². The van der Waals surface area contributed by atoms with Crippen molar-refractivity contribution in [2.24, 2.45) is 0 Å². The van der Waals surface area contributed by atoms with Crippen LogP contribution in [0.5, 0.6) is 0 Å². The molecule has 1 heterocycles. The van der Waals surface area contributed by atoms with Gasteiger partial charge < -0.3 is 15.4 Å². The maximum Gasteiger partial charge on any atom is 0.340 e. The Morgan fingerprint density at radius 2 is 1.96 bits per heavy atom. The molecule has 0 fully saturated rings. The van der Waals surface area contributed by atoms with E-state index in [9.17, 15) is 9.59 Å². The molecule has 0 radical (unpaired) electrons. The van der Waals surface area contributed by atoms with Crippen molar-refractivity contribution in [3.63, 3.8) is 0 Å². The summed E-state index contributed by atoms with van der Waals surface area (Å²) in [4.78, 5) is 28.2. The molecule has 6 heteroatoms. The third kappa shape index (κ3) is 4.55. The Morgan fingerprint density at radius 1 is 1.21 bits per heavy atom. The minimum atomic E-state index is -0.401. The van der Waals surface area contributed by atoms with Gasteiger partial charge in [-0.1, -0.05) is 12.1 Å². The number of nitrogens with one attached hydrogen (secondary N) is 2. The Labute approximate surface area is 141 Å². The van der Waals surface area contributed by atoms with E-state index in [2.05, 4.69) is 15.6 Å². The van der Waals surface area contributed by atoms with Crippen LogP contribution in [0.3, 0.4) is 0 Å². The molecule has 0 aliphatic rings. The topological polar surface area (TPSA) is 80.3 Å². The lowest BCUT2D eigenvalue weighted by molar-refractivity contribution is 0.0527. The summed E-state index contributed by atoms with van der Waals surface area (Å²) in [5, 5.41) is 5.93. The third-order valence-electron chi connectivity index (χ3n) is 3.12. The van der Waals surface area contributed by atoms with Gasteiger partial charge >= 0.3 is 5.97 Å². The number of carbonyl (C=O) groups is 2. The number of pyridine rings is 1. The lowest BCUT2D eigenvalue weighted by Crippen LogP contribution is -2.30. The number of hydrogen-bond acceptors (Lipinski definition) is 5. The number of para-hydroxylation sites is 1. The summed E-state index contributed by atoms with van der Waals surface area (Å²) in [6.45, 7) is 5.85. The van der Waals surface area contributed by atoms with E-state index >= 15 is 0 Å². The Kier molecular flexibility index (Phi) is 5.89. The first-order valence-corrected chi connectivity index (χ1v) is 7.80. The molecule has 0 bridgehead atoms. The van der Waals surface area contributed by atoms with Crippen LogP contribution in [0.15, 0.2) is 42.7 Å². The van der Waals surface area contributed by atoms with Crippen LogP contribution < -0.4 is 10.6 Å². The highest BCUT2D eigenvalue weighted by molar-refractivity contribution is 5.97. The number of ether oxygens (including phenoxy) is 1. The van der Waals surface area contributed by atoms with E-state index in [1.807, 2.05) is 19.9 Å². The molecule has 0 aliphatic carbocycles. The first kappa shape index (κ1) is 17.5. The van der Waals surface area contributed by atoms with Gasteiger partial charge in [0.05, 0.1) is 35.3 Å². The fourth-order valence-electron chi connectivity index (χ4n) is 2.11. The van der Waals surface area contributed by atoms with Crippen molar-refractivity contribution in [2.45, 2.75) is 26.8 Å². The molecule has 2 N–H and O–H groups in total. The molecule has 2 rings (SSSR count). The SMILES string of the molecule is CCOC(=O)c1ccccc1Nc1cncc(C(=O)NC(C)C)c1. The minimum Gasteiger partial charge on any atom is -0.462 e. The molecular weight excluding hydrogens is 306 g/mol. The second kappa shape index (κ2) is 8.10. The van der Waals surface area contributed by atoms with Crippen molar-refractivity contribution < 1.29 is 14.3 Å². The van der Waals surface area contributed by atoms with Gasteiger partial charge in [0.1, 0.15) is 0 Å². The summed E-state index contributed by atoms with van der Waals surface area (Å²) in [5.74, 6) is -0.595. The quantitative estimate of drug-likeness (QED) is 0.797. The predicted molar refractivity (Wildman–Crippen MR) is 92.5 cm³/mol. The number of rotatable bonds is 6. The van der Waals surface area contributed by atoms with Crippen LogP contribution in [-0.4, -0.2) is 29.5 Å². The molecule has 1 aromatic carbocycles. The van der Waals surface area contributed by atoms with Crippen LogP contribution in [0, 0.1) is 0 Å². The number of nitrogens with zero attached hydrogens (tertiary/aromatic N) is 1. The van der Waals surface area contributed by atoms with E-state index in [4.69, 9.17) is 4.74 Å². The highest BCUT2D eigenvalue weighted by Crippen LogP contribution is 2.21. The zero-order valence-corrected chi connectivity index (χ0v) is 14.0. The number of carbonyl (C=O) groups excluding carboxylic acids is 2. The third-order valence-corrected chi connectivity index (χ3v) is 3.12. The number of hydrogen-bond donors (Lipinski definition) is 2. The van der Waals surface area contributed by atoms with E-state index in [1.165, 1.54) is 6.20 Å². The number of anilines is 2. The normalized spacial score (nSPS) is 10.3. The van der Waals surface area contributed by atoms with Gasteiger partial charge in [-0.3, -0.25) is 9.78 Å². The second-order valence-electron chi connectivity index (χ2n) is 5.48. The highest BCUT2D eigenvalue weighted by Gasteiger charge is 2.13. The van der Waals surface area contributed by atoms with Crippen LogP contribution in [-0.2, 0) is 4.74 Å². The van der Waals surface area contributed by atoms with E-state index < -0.39 is 5.97 Å². The second-order valence-corrected chi connectivity index (χ2v) is 5.48. The van der Waals surface area contributed by atoms with Crippen molar-refractivity contribution >= 4 is 23.3 Å². The van der Waals surface area contributed by atoms with Gasteiger partial charge in [-0.15, -0.1) is 0 Å². The van der Waals surface area contributed by atoms with E-state index in [-0.39, 0.29) is 11.9 Å². The molecule has 0 unspecified atom stereocenters. The largest absolute Gasteiger partial charge is 0.462 e. The maximum atomic E-state index is 12.1. The van der Waals surface area contributed by atoms with E-state index in [0.29, 0.717) is 29.1 Å². The Morgan fingerprint density at radius 3 is 2.67 bits per heavy atom. The van der Waals surface area contributed by atoms with Crippen molar-refractivity contribution in [3.05, 3.63) is 53.9 Å².